The molecule has 2 saturated heterocycles. The summed E-state index contributed by atoms with van der Waals surface area (Å²) in [5.41, 5.74) is 4.04. The lowest BCUT2D eigenvalue weighted by Crippen LogP contribution is -2.48. The third-order valence-corrected chi connectivity index (χ3v) is 12.1. The second kappa shape index (κ2) is 15.4. The van der Waals surface area contributed by atoms with E-state index < -0.39 is 24.4 Å². The molecule has 1 unspecified atom stereocenters. The molecule has 11 nitrogen and oxygen atoms in total. The Hall–Kier alpha value is -4.12. The Kier molecular flexibility index (Phi) is 11.0. The Balaban J connectivity index is 1.17. The van der Waals surface area contributed by atoms with Gasteiger partial charge in [0.25, 0.3) is 5.69 Å². The number of ether oxygens (including phenoxy) is 1. The van der Waals surface area contributed by atoms with Crippen LogP contribution in [0.5, 0.6) is 0 Å². The van der Waals surface area contributed by atoms with Gasteiger partial charge in [0, 0.05) is 62.7 Å². The minimum absolute atomic E-state index is 0.144. The Labute approximate surface area is 293 Å². The van der Waals surface area contributed by atoms with E-state index in [0.29, 0.717) is 29.9 Å². The van der Waals surface area contributed by atoms with Crippen molar-refractivity contribution >= 4 is 19.3 Å². The highest BCUT2D eigenvalue weighted by Crippen LogP contribution is 2.67. The third kappa shape index (κ3) is 7.77. The highest BCUT2D eigenvalue weighted by Gasteiger charge is 2.48. The fourth-order valence-corrected chi connectivity index (χ4v) is 9.86. The summed E-state index contributed by atoms with van der Waals surface area (Å²) in [6, 6.07) is 27.3. The molecule has 3 aliphatic heterocycles. The maximum atomic E-state index is 14.5. The van der Waals surface area contributed by atoms with E-state index in [1.54, 1.807) is 26.0 Å². The fraction of sp³-hybridized carbons (Fsp3) is 0.395. The molecule has 12 heteroatoms. The van der Waals surface area contributed by atoms with E-state index in [2.05, 4.69) is 63.6 Å². The number of hydrogen-bond donors (Lipinski definition) is 1. The molecule has 0 saturated carbocycles. The van der Waals surface area contributed by atoms with Gasteiger partial charge in [0.2, 0.25) is 0 Å². The van der Waals surface area contributed by atoms with Gasteiger partial charge in [0.15, 0.2) is 0 Å². The van der Waals surface area contributed by atoms with E-state index >= 15 is 0 Å². The van der Waals surface area contributed by atoms with Crippen molar-refractivity contribution in [3.05, 3.63) is 134 Å². The number of dihydropyridines is 1. The van der Waals surface area contributed by atoms with Gasteiger partial charge in [-0.15, -0.1) is 0 Å². The minimum Gasteiger partial charge on any atom is -0.461 e. The monoisotopic (exact) mass is 700 g/mol. The SMILES string of the molecule is CC1=C(C(=O)OCCN2CCN(C(c3ccccc3)c3ccccc3)CC2)C(c2cccc([N+](=O)[O-])c2)C(P2(=O)O[C@@H](C)C[C@H](C)O2)=C(C)N1. The van der Waals surface area contributed by atoms with Gasteiger partial charge in [-0.1, -0.05) is 72.8 Å². The Morgan fingerprint density at radius 3 is 2.10 bits per heavy atom. The molecule has 2 fully saturated rings. The van der Waals surface area contributed by atoms with Crippen molar-refractivity contribution in [2.24, 2.45) is 0 Å². The lowest BCUT2D eigenvalue weighted by atomic mass is 9.86. The zero-order valence-corrected chi connectivity index (χ0v) is 29.9. The maximum Gasteiger partial charge on any atom is 0.360 e. The Morgan fingerprint density at radius 1 is 0.920 bits per heavy atom. The number of benzene rings is 3. The number of esters is 1. The molecule has 0 spiro atoms. The highest BCUT2D eigenvalue weighted by atomic mass is 31.2. The predicted octanol–water partition coefficient (Wildman–Crippen LogP) is 7.14. The van der Waals surface area contributed by atoms with E-state index in [1.165, 1.54) is 23.3 Å². The van der Waals surface area contributed by atoms with Gasteiger partial charge in [-0.2, -0.15) is 0 Å². The standard InChI is InChI=1S/C38H45N4O7P/c1-26-24-27(2)49-50(46,48-26)37-29(4)39-28(3)34(35(37)32-16-11-17-33(25-32)42(44)45)38(43)47-23-22-40-18-20-41(21-19-40)36(30-12-7-5-8-13-30)31-14-9-6-10-15-31/h5-17,25-27,35-36,39H,18-24H2,1-4H3/t26-,27-,35?/m0/s1. The van der Waals surface area contributed by atoms with Gasteiger partial charge in [0.05, 0.1) is 40.0 Å². The van der Waals surface area contributed by atoms with Crippen molar-refractivity contribution in [1.82, 2.24) is 15.1 Å². The maximum absolute atomic E-state index is 14.5. The molecule has 0 aliphatic carbocycles. The lowest BCUT2D eigenvalue weighted by Gasteiger charge is -2.40. The summed E-state index contributed by atoms with van der Waals surface area (Å²) in [5, 5.41) is 15.2. The molecule has 3 aliphatic rings. The van der Waals surface area contributed by atoms with Gasteiger partial charge < -0.3 is 19.1 Å². The van der Waals surface area contributed by atoms with Gasteiger partial charge in [-0.3, -0.25) is 24.5 Å². The number of allylic oxidation sites excluding steroid dienone is 3. The van der Waals surface area contributed by atoms with Crippen LogP contribution < -0.4 is 5.32 Å². The van der Waals surface area contributed by atoms with Crippen LogP contribution in [-0.2, 0) is 23.1 Å². The van der Waals surface area contributed by atoms with Crippen LogP contribution in [0.15, 0.2) is 107 Å². The number of non-ortho nitro benzene ring substituents is 1. The van der Waals surface area contributed by atoms with Crippen molar-refractivity contribution in [3.63, 3.8) is 0 Å². The summed E-state index contributed by atoms with van der Waals surface area (Å²) in [5.74, 6) is -1.53. The molecule has 3 atom stereocenters. The summed E-state index contributed by atoms with van der Waals surface area (Å²) in [6.07, 6.45) is -0.147. The van der Waals surface area contributed by atoms with Crippen molar-refractivity contribution in [2.75, 3.05) is 39.3 Å². The van der Waals surface area contributed by atoms with Crippen LogP contribution in [0.2, 0.25) is 0 Å². The van der Waals surface area contributed by atoms with E-state index in [0.717, 1.165) is 26.2 Å². The van der Waals surface area contributed by atoms with E-state index in [9.17, 15) is 19.5 Å². The second-order valence-corrected chi connectivity index (χ2v) is 15.2. The van der Waals surface area contributed by atoms with Crippen LogP contribution in [0, 0.1) is 10.1 Å². The number of nitro benzene ring substituents is 1. The van der Waals surface area contributed by atoms with E-state index in [1.807, 2.05) is 26.0 Å². The number of nitro groups is 1. The average Bonchev–Trinajstić information content (AvgIpc) is 3.09. The molecule has 3 heterocycles. The first kappa shape index (κ1) is 35.7. The molecule has 3 aromatic carbocycles. The van der Waals surface area contributed by atoms with Gasteiger partial charge >= 0.3 is 13.6 Å². The zero-order chi connectivity index (χ0) is 35.4. The molecule has 0 radical (unpaired) electrons. The summed E-state index contributed by atoms with van der Waals surface area (Å²) in [7, 11) is -3.94. The quantitative estimate of drug-likeness (QED) is 0.101. The number of hydrogen-bond acceptors (Lipinski definition) is 10. The van der Waals surface area contributed by atoms with Crippen LogP contribution in [0.1, 0.15) is 62.8 Å². The molecule has 0 amide bonds. The number of carbonyl (C=O) groups excluding carboxylic acids is 1. The molecule has 264 valence electrons. The van der Waals surface area contributed by atoms with Crippen molar-refractivity contribution in [2.45, 2.75) is 58.3 Å². The largest absolute Gasteiger partial charge is 0.461 e. The molecule has 1 N–H and O–H groups in total. The molecular weight excluding hydrogens is 655 g/mol. The van der Waals surface area contributed by atoms with Crippen molar-refractivity contribution in [3.8, 4) is 0 Å². The topological polar surface area (TPSA) is 123 Å². The number of nitrogens with zero attached hydrogens (tertiary/aromatic N) is 3. The zero-order valence-electron chi connectivity index (χ0n) is 29.0. The first-order valence-electron chi connectivity index (χ1n) is 17.2. The summed E-state index contributed by atoms with van der Waals surface area (Å²) >= 11 is 0. The Morgan fingerprint density at radius 2 is 1.52 bits per heavy atom. The summed E-state index contributed by atoms with van der Waals surface area (Å²) < 4.78 is 32.4. The first-order chi connectivity index (χ1) is 24.0. The van der Waals surface area contributed by atoms with Crippen molar-refractivity contribution < 1.29 is 28.1 Å². The molecule has 6 rings (SSSR count). The summed E-state index contributed by atoms with van der Waals surface area (Å²) in [4.78, 5) is 30.1. The fourth-order valence-electron chi connectivity index (χ4n) is 7.40. The molecule has 3 aromatic rings. The third-order valence-electron chi connectivity index (χ3n) is 9.60. The lowest BCUT2D eigenvalue weighted by molar-refractivity contribution is -0.384. The highest BCUT2D eigenvalue weighted by molar-refractivity contribution is 7.58. The van der Waals surface area contributed by atoms with Crippen LogP contribution >= 0.6 is 7.60 Å². The number of piperazine rings is 1. The average molecular weight is 701 g/mol. The first-order valence-corrected chi connectivity index (χ1v) is 18.7. The van der Waals surface area contributed by atoms with Crippen molar-refractivity contribution in [1.29, 1.82) is 0 Å². The number of rotatable bonds is 10. The Bertz CT molecular complexity index is 1750. The number of nitrogens with one attached hydrogen (secondary N) is 1. The summed E-state index contributed by atoms with van der Waals surface area (Å²) in [6.45, 7) is 11.2. The van der Waals surface area contributed by atoms with E-state index in [4.69, 9.17) is 13.8 Å². The normalized spacial score (nSPS) is 25.0. The molecular formula is C38H45N4O7P. The van der Waals surface area contributed by atoms with Crippen LogP contribution in [0.25, 0.3) is 0 Å². The molecule has 0 bridgehead atoms. The molecule has 0 aromatic heterocycles. The second-order valence-electron chi connectivity index (χ2n) is 13.3. The van der Waals surface area contributed by atoms with Crippen LogP contribution in [0.3, 0.4) is 0 Å². The number of carbonyl (C=O) groups is 1. The predicted molar refractivity (Wildman–Crippen MR) is 191 cm³/mol. The van der Waals surface area contributed by atoms with Gasteiger partial charge in [-0.05, 0) is 44.4 Å². The van der Waals surface area contributed by atoms with Crippen LogP contribution in [-0.4, -0.2) is 72.2 Å². The smallest absolute Gasteiger partial charge is 0.360 e. The minimum atomic E-state index is -3.94. The van der Waals surface area contributed by atoms with Gasteiger partial charge in [-0.25, -0.2) is 4.79 Å². The molecule has 50 heavy (non-hydrogen) atoms. The van der Waals surface area contributed by atoms with E-state index in [-0.39, 0.29) is 41.4 Å². The van der Waals surface area contributed by atoms with Crippen LogP contribution in [0.4, 0.5) is 5.69 Å². The van der Waals surface area contributed by atoms with Gasteiger partial charge in [0.1, 0.15) is 6.61 Å².